The van der Waals surface area contributed by atoms with Gasteiger partial charge in [-0.15, -0.1) is 0 Å². The van der Waals surface area contributed by atoms with Gasteiger partial charge in [-0.2, -0.15) is 15.4 Å². The molecule has 0 aliphatic heterocycles. The predicted molar refractivity (Wildman–Crippen MR) is 64.6 cm³/mol. The number of rotatable bonds is 3. The topological polar surface area (TPSA) is 114 Å². The van der Waals surface area contributed by atoms with Crippen molar-refractivity contribution in [3.8, 4) is 11.3 Å². The molecule has 0 fully saturated rings. The maximum absolute atomic E-state index is 11.1. The van der Waals surface area contributed by atoms with Gasteiger partial charge in [-0.05, 0) is 12.1 Å². The van der Waals surface area contributed by atoms with Crippen LogP contribution in [-0.4, -0.2) is 27.2 Å². The fourth-order valence-electron chi connectivity index (χ4n) is 1.52. The SMILES string of the molecule is CC(=O)Nc1ccc(-c2n[nH]nc2C(N)=O)cc1. The van der Waals surface area contributed by atoms with Crippen LogP contribution in [-0.2, 0) is 4.79 Å². The van der Waals surface area contributed by atoms with Crippen LogP contribution in [0.4, 0.5) is 5.69 Å². The molecule has 0 aliphatic rings. The van der Waals surface area contributed by atoms with E-state index in [1.165, 1.54) is 6.92 Å². The summed E-state index contributed by atoms with van der Waals surface area (Å²) in [5, 5.41) is 12.6. The second-order valence-electron chi connectivity index (χ2n) is 3.64. The number of nitrogens with one attached hydrogen (secondary N) is 2. The largest absolute Gasteiger partial charge is 0.364 e. The van der Waals surface area contributed by atoms with Gasteiger partial charge in [0.15, 0.2) is 5.69 Å². The number of carbonyl (C=O) groups is 2. The lowest BCUT2D eigenvalue weighted by molar-refractivity contribution is -0.114. The minimum absolute atomic E-state index is 0.0854. The summed E-state index contributed by atoms with van der Waals surface area (Å²) in [5.74, 6) is -0.799. The Morgan fingerprint density at radius 2 is 1.89 bits per heavy atom. The van der Waals surface area contributed by atoms with Crippen molar-refractivity contribution in [3.63, 3.8) is 0 Å². The van der Waals surface area contributed by atoms with Crippen molar-refractivity contribution in [1.29, 1.82) is 0 Å². The summed E-state index contributed by atoms with van der Waals surface area (Å²) in [4.78, 5) is 22.0. The molecule has 0 saturated carbocycles. The number of H-pyrrole nitrogens is 1. The third kappa shape index (κ3) is 2.34. The van der Waals surface area contributed by atoms with E-state index in [4.69, 9.17) is 5.73 Å². The van der Waals surface area contributed by atoms with Crippen LogP contribution in [0.3, 0.4) is 0 Å². The summed E-state index contributed by atoms with van der Waals surface area (Å²) in [7, 11) is 0. The zero-order valence-corrected chi connectivity index (χ0v) is 9.60. The van der Waals surface area contributed by atoms with E-state index < -0.39 is 5.91 Å². The monoisotopic (exact) mass is 245 g/mol. The van der Waals surface area contributed by atoms with Crippen molar-refractivity contribution in [3.05, 3.63) is 30.0 Å². The highest BCUT2D eigenvalue weighted by molar-refractivity contribution is 5.96. The molecule has 0 unspecified atom stereocenters. The average Bonchev–Trinajstić information content (AvgIpc) is 2.78. The first kappa shape index (κ1) is 11.8. The summed E-state index contributed by atoms with van der Waals surface area (Å²) < 4.78 is 0. The molecule has 0 aliphatic carbocycles. The first-order valence-electron chi connectivity index (χ1n) is 5.16. The lowest BCUT2D eigenvalue weighted by Gasteiger charge is -2.03. The molecule has 1 aromatic heterocycles. The molecule has 0 saturated heterocycles. The van der Waals surface area contributed by atoms with Crippen LogP contribution in [0.15, 0.2) is 24.3 Å². The molecule has 18 heavy (non-hydrogen) atoms. The molecular formula is C11H11N5O2. The smallest absolute Gasteiger partial charge is 0.271 e. The summed E-state index contributed by atoms with van der Waals surface area (Å²) >= 11 is 0. The Kier molecular flexibility index (Phi) is 3.05. The van der Waals surface area contributed by atoms with Crippen LogP contribution in [0.1, 0.15) is 17.4 Å². The van der Waals surface area contributed by atoms with Crippen LogP contribution in [0.25, 0.3) is 11.3 Å². The molecule has 2 aromatic rings. The summed E-state index contributed by atoms with van der Waals surface area (Å²) in [5.41, 5.74) is 6.99. The lowest BCUT2D eigenvalue weighted by atomic mass is 10.1. The van der Waals surface area contributed by atoms with Gasteiger partial charge in [-0.3, -0.25) is 9.59 Å². The van der Waals surface area contributed by atoms with E-state index in [2.05, 4.69) is 20.7 Å². The average molecular weight is 245 g/mol. The minimum atomic E-state index is -0.648. The highest BCUT2D eigenvalue weighted by Gasteiger charge is 2.14. The highest BCUT2D eigenvalue weighted by Crippen LogP contribution is 2.21. The van der Waals surface area contributed by atoms with Crippen LogP contribution in [0.2, 0.25) is 0 Å². The molecule has 4 N–H and O–H groups in total. The molecule has 92 valence electrons. The number of aromatic amines is 1. The van der Waals surface area contributed by atoms with Gasteiger partial charge in [0, 0.05) is 18.2 Å². The summed E-state index contributed by atoms with van der Waals surface area (Å²) in [6.07, 6.45) is 0. The molecule has 0 radical (unpaired) electrons. The second kappa shape index (κ2) is 4.66. The molecule has 0 bridgehead atoms. The van der Waals surface area contributed by atoms with Crippen LogP contribution >= 0.6 is 0 Å². The molecule has 2 rings (SSSR count). The van der Waals surface area contributed by atoms with Gasteiger partial charge in [0.2, 0.25) is 5.91 Å². The Balaban J connectivity index is 2.31. The number of carbonyl (C=O) groups excluding carboxylic acids is 2. The highest BCUT2D eigenvalue weighted by atomic mass is 16.1. The van der Waals surface area contributed by atoms with Crippen LogP contribution < -0.4 is 11.1 Å². The van der Waals surface area contributed by atoms with Gasteiger partial charge in [-0.1, -0.05) is 12.1 Å². The van der Waals surface area contributed by atoms with Crippen molar-refractivity contribution in [2.45, 2.75) is 6.92 Å². The Bertz CT molecular complexity index is 588. The number of aromatic nitrogens is 3. The maximum atomic E-state index is 11.1. The van der Waals surface area contributed by atoms with Crippen LogP contribution in [0.5, 0.6) is 0 Å². The summed E-state index contributed by atoms with van der Waals surface area (Å²) in [6, 6.07) is 6.84. The van der Waals surface area contributed by atoms with Gasteiger partial charge in [-0.25, -0.2) is 0 Å². The number of nitrogens with two attached hydrogens (primary N) is 1. The van der Waals surface area contributed by atoms with Crippen molar-refractivity contribution >= 4 is 17.5 Å². The van der Waals surface area contributed by atoms with E-state index in [0.29, 0.717) is 16.9 Å². The van der Waals surface area contributed by atoms with Gasteiger partial charge in [0.05, 0.1) is 0 Å². The van der Waals surface area contributed by atoms with E-state index in [1.807, 2.05) is 0 Å². The third-order valence-corrected chi connectivity index (χ3v) is 2.26. The van der Waals surface area contributed by atoms with E-state index >= 15 is 0 Å². The molecule has 0 spiro atoms. The van der Waals surface area contributed by atoms with Crippen molar-refractivity contribution in [2.75, 3.05) is 5.32 Å². The molecule has 0 atom stereocenters. The van der Waals surface area contributed by atoms with Gasteiger partial charge in [0.25, 0.3) is 5.91 Å². The summed E-state index contributed by atoms with van der Waals surface area (Å²) in [6.45, 7) is 1.43. The Morgan fingerprint density at radius 3 is 2.44 bits per heavy atom. The maximum Gasteiger partial charge on any atom is 0.271 e. The standard InChI is InChI=1S/C11H11N5O2/c1-6(17)13-8-4-2-7(3-5-8)9-10(11(12)18)15-16-14-9/h2-5H,1H3,(H2,12,18)(H,13,17)(H,14,15,16). The Morgan fingerprint density at radius 1 is 1.22 bits per heavy atom. The number of primary amides is 1. The van der Waals surface area contributed by atoms with E-state index in [1.54, 1.807) is 24.3 Å². The van der Waals surface area contributed by atoms with E-state index in [9.17, 15) is 9.59 Å². The molecule has 1 aromatic carbocycles. The van der Waals surface area contributed by atoms with Gasteiger partial charge >= 0.3 is 0 Å². The quantitative estimate of drug-likeness (QED) is 0.731. The van der Waals surface area contributed by atoms with E-state index in [-0.39, 0.29) is 11.6 Å². The van der Waals surface area contributed by atoms with Gasteiger partial charge < -0.3 is 11.1 Å². The number of hydrogen-bond donors (Lipinski definition) is 3. The van der Waals surface area contributed by atoms with Gasteiger partial charge in [0.1, 0.15) is 5.69 Å². The molecule has 1 heterocycles. The van der Waals surface area contributed by atoms with Crippen LogP contribution in [0, 0.1) is 0 Å². The fourth-order valence-corrected chi connectivity index (χ4v) is 1.52. The molecular weight excluding hydrogens is 234 g/mol. The molecule has 7 heteroatoms. The predicted octanol–water partition coefficient (Wildman–Crippen LogP) is 0.529. The normalized spacial score (nSPS) is 10.1. The second-order valence-corrected chi connectivity index (χ2v) is 3.64. The van der Waals surface area contributed by atoms with Crippen molar-refractivity contribution < 1.29 is 9.59 Å². The Labute approximate surface area is 102 Å². The van der Waals surface area contributed by atoms with E-state index in [0.717, 1.165) is 0 Å². The number of anilines is 1. The lowest BCUT2D eigenvalue weighted by Crippen LogP contribution is -2.12. The Hall–Kier alpha value is -2.70. The number of benzene rings is 1. The zero-order chi connectivity index (χ0) is 13.1. The third-order valence-electron chi connectivity index (χ3n) is 2.26. The van der Waals surface area contributed by atoms with Crippen molar-refractivity contribution in [2.24, 2.45) is 5.73 Å². The minimum Gasteiger partial charge on any atom is -0.364 e. The number of amides is 2. The first-order valence-corrected chi connectivity index (χ1v) is 5.16. The molecule has 2 amide bonds. The number of nitrogens with zero attached hydrogens (tertiary/aromatic N) is 2. The fraction of sp³-hybridized carbons (Fsp3) is 0.0909. The zero-order valence-electron chi connectivity index (χ0n) is 9.60. The molecule has 7 nitrogen and oxygen atoms in total. The van der Waals surface area contributed by atoms with Crippen molar-refractivity contribution in [1.82, 2.24) is 15.4 Å². The number of hydrogen-bond acceptors (Lipinski definition) is 4. The first-order chi connectivity index (χ1) is 8.58.